The van der Waals surface area contributed by atoms with Gasteiger partial charge in [-0.25, -0.2) is 0 Å². The van der Waals surface area contributed by atoms with Crippen molar-refractivity contribution in [2.45, 2.75) is 25.6 Å². The first kappa shape index (κ1) is 25.0. The monoisotopic (exact) mass is 498 g/mol. The summed E-state index contributed by atoms with van der Waals surface area (Å²) in [6.45, 7) is 5.23. The zero-order valence-corrected chi connectivity index (χ0v) is 20.6. The fraction of sp³-hybridized carbons (Fsp3) is 0.385. The fourth-order valence-corrected chi connectivity index (χ4v) is 4.29. The molecule has 0 unspecified atom stereocenters. The lowest BCUT2D eigenvalue weighted by Gasteiger charge is -2.32. The van der Waals surface area contributed by atoms with Gasteiger partial charge in [-0.1, -0.05) is 41.9 Å². The van der Waals surface area contributed by atoms with Crippen molar-refractivity contribution in [1.29, 1.82) is 0 Å². The first-order chi connectivity index (χ1) is 16.9. The van der Waals surface area contributed by atoms with Crippen LogP contribution in [-0.4, -0.2) is 75.6 Å². The second-order valence-corrected chi connectivity index (χ2v) is 9.33. The van der Waals surface area contributed by atoms with Crippen molar-refractivity contribution in [3.63, 3.8) is 0 Å². The van der Waals surface area contributed by atoms with Gasteiger partial charge in [0.15, 0.2) is 0 Å². The van der Waals surface area contributed by atoms with Crippen molar-refractivity contribution in [2.24, 2.45) is 0 Å². The summed E-state index contributed by atoms with van der Waals surface area (Å²) < 4.78 is 13.4. The van der Waals surface area contributed by atoms with Gasteiger partial charge in [0.1, 0.15) is 30.3 Å². The van der Waals surface area contributed by atoms with E-state index in [2.05, 4.69) is 10.00 Å². The number of benzene rings is 2. The van der Waals surface area contributed by atoms with Gasteiger partial charge in [0, 0.05) is 39.3 Å². The number of β-amino-alcohol motifs (C(OH)–C–C–N with tert-alkyl or cyclic N) is 1. The van der Waals surface area contributed by atoms with Crippen molar-refractivity contribution in [2.75, 3.05) is 39.4 Å². The number of amides is 1. The molecule has 9 heteroatoms. The van der Waals surface area contributed by atoms with Gasteiger partial charge in [0.2, 0.25) is 5.91 Å². The highest BCUT2D eigenvalue weighted by atomic mass is 35.5. The molecule has 1 aliphatic rings. The SMILES string of the molecule is CC(=O)N1CCN(Cc2ccc(OCCn3cc(Cl)cn3)cc2)C[C@@](O)(COc2ccccc2)C1. The number of hydrogen-bond acceptors (Lipinski definition) is 6. The van der Waals surface area contributed by atoms with Crippen LogP contribution in [0.25, 0.3) is 0 Å². The molecule has 1 aliphatic heterocycles. The number of halogens is 1. The molecule has 3 aromatic rings. The van der Waals surface area contributed by atoms with Crippen LogP contribution in [-0.2, 0) is 17.9 Å². The fourth-order valence-electron chi connectivity index (χ4n) is 4.14. The Morgan fingerprint density at radius 1 is 1.06 bits per heavy atom. The van der Waals surface area contributed by atoms with Crippen molar-refractivity contribution in [1.82, 2.24) is 19.6 Å². The van der Waals surface area contributed by atoms with Crippen LogP contribution in [0.4, 0.5) is 0 Å². The van der Waals surface area contributed by atoms with E-state index < -0.39 is 5.60 Å². The molecule has 1 N–H and O–H groups in total. The number of hydrogen-bond donors (Lipinski definition) is 1. The molecule has 0 spiro atoms. The Hall–Kier alpha value is -3.07. The number of aliphatic hydroxyl groups is 1. The maximum atomic E-state index is 12.1. The summed E-state index contributed by atoms with van der Waals surface area (Å²) in [5.41, 5.74) is -0.0879. The normalized spacial score (nSPS) is 18.8. The minimum Gasteiger partial charge on any atom is -0.492 e. The Morgan fingerprint density at radius 2 is 1.80 bits per heavy atom. The maximum Gasteiger partial charge on any atom is 0.219 e. The van der Waals surface area contributed by atoms with Gasteiger partial charge < -0.3 is 19.5 Å². The van der Waals surface area contributed by atoms with Gasteiger partial charge >= 0.3 is 0 Å². The summed E-state index contributed by atoms with van der Waals surface area (Å²) in [7, 11) is 0. The zero-order valence-electron chi connectivity index (χ0n) is 19.8. The van der Waals surface area contributed by atoms with E-state index >= 15 is 0 Å². The molecule has 1 fully saturated rings. The van der Waals surface area contributed by atoms with Crippen LogP contribution < -0.4 is 9.47 Å². The summed E-state index contributed by atoms with van der Waals surface area (Å²) >= 11 is 5.88. The number of aromatic nitrogens is 2. The largest absolute Gasteiger partial charge is 0.492 e. The van der Waals surface area contributed by atoms with Gasteiger partial charge in [-0.3, -0.25) is 14.4 Å². The van der Waals surface area contributed by atoms with Crippen molar-refractivity contribution in [3.8, 4) is 11.5 Å². The van der Waals surface area contributed by atoms with Crippen LogP contribution in [0.3, 0.4) is 0 Å². The molecule has 2 aromatic carbocycles. The van der Waals surface area contributed by atoms with E-state index in [1.165, 1.54) is 6.92 Å². The molecule has 0 aliphatic carbocycles. The first-order valence-electron chi connectivity index (χ1n) is 11.7. The molecule has 1 aromatic heterocycles. The number of carbonyl (C=O) groups excluding carboxylic acids is 1. The van der Waals surface area contributed by atoms with E-state index in [0.29, 0.717) is 50.1 Å². The van der Waals surface area contributed by atoms with Crippen molar-refractivity contribution in [3.05, 3.63) is 77.6 Å². The molecule has 35 heavy (non-hydrogen) atoms. The molecular weight excluding hydrogens is 468 g/mol. The summed E-state index contributed by atoms with van der Waals surface area (Å²) in [4.78, 5) is 16.0. The van der Waals surface area contributed by atoms with Crippen LogP contribution >= 0.6 is 11.6 Å². The van der Waals surface area contributed by atoms with Crippen LogP contribution in [0.1, 0.15) is 12.5 Å². The van der Waals surface area contributed by atoms with Crippen LogP contribution in [0.2, 0.25) is 5.02 Å². The van der Waals surface area contributed by atoms with E-state index in [1.54, 1.807) is 22.0 Å². The molecule has 8 nitrogen and oxygen atoms in total. The lowest BCUT2D eigenvalue weighted by Crippen LogP contribution is -2.51. The van der Waals surface area contributed by atoms with Gasteiger partial charge in [-0.2, -0.15) is 5.10 Å². The number of para-hydroxylation sites is 1. The highest BCUT2D eigenvalue weighted by molar-refractivity contribution is 6.30. The van der Waals surface area contributed by atoms with E-state index in [9.17, 15) is 9.90 Å². The van der Waals surface area contributed by atoms with Gasteiger partial charge in [0.25, 0.3) is 0 Å². The molecule has 2 heterocycles. The molecule has 0 radical (unpaired) electrons. The predicted molar refractivity (Wildman–Crippen MR) is 134 cm³/mol. The molecular formula is C26H31ClN4O4. The van der Waals surface area contributed by atoms with Crippen LogP contribution in [0.5, 0.6) is 11.5 Å². The van der Waals surface area contributed by atoms with E-state index in [1.807, 2.05) is 54.6 Å². The highest BCUT2D eigenvalue weighted by Gasteiger charge is 2.36. The van der Waals surface area contributed by atoms with E-state index in [0.717, 1.165) is 11.3 Å². The molecule has 1 saturated heterocycles. The average molecular weight is 499 g/mol. The van der Waals surface area contributed by atoms with Crippen molar-refractivity contribution >= 4 is 17.5 Å². The molecule has 1 amide bonds. The minimum absolute atomic E-state index is 0.0520. The van der Waals surface area contributed by atoms with Crippen molar-refractivity contribution < 1.29 is 19.4 Å². The predicted octanol–water partition coefficient (Wildman–Crippen LogP) is 3.09. The lowest BCUT2D eigenvalue weighted by molar-refractivity contribution is -0.132. The van der Waals surface area contributed by atoms with Gasteiger partial charge in [0.05, 0.1) is 24.3 Å². The van der Waals surface area contributed by atoms with E-state index in [-0.39, 0.29) is 19.1 Å². The van der Waals surface area contributed by atoms with E-state index in [4.69, 9.17) is 21.1 Å². The third-order valence-electron chi connectivity index (χ3n) is 5.91. The Labute approximate surface area is 210 Å². The second-order valence-electron chi connectivity index (χ2n) is 8.89. The van der Waals surface area contributed by atoms with Gasteiger partial charge in [-0.05, 0) is 29.8 Å². The first-order valence-corrected chi connectivity index (χ1v) is 12.0. The lowest BCUT2D eigenvalue weighted by atomic mass is 10.0. The standard InChI is InChI=1S/C26H31ClN4O4/c1-21(32)30-12-11-29(18-26(33,19-30)20-35-24-5-3-2-4-6-24)16-22-7-9-25(10-8-22)34-14-13-31-17-23(27)15-28-31/h2-10,15,17,33H,11-14,16,18-20H2,1H3/t26-/m0/s1. The third-order valence-corrected chi connectivity index (χ3v) is 6.10. The van der Waals surface area contributed by atoms with Gasteiger partial charge in [-0.15, -0.1) is 0 Å². The number of nitrogens with zero attached hydrogens (tertiary/aromatic N) is 4. The van der Waals surface area contributed by atoms with Crippen LogP contribution in [0.15, 0.2) is 67.0 Å². The Bertz CT molecular complexity index is 1090. The Kier molecular flexibility index (Phi) is 8.28. The molecule has 186 valence electrons. The zero-order chi connectivity index (χ0) is 24.7. The molecule has 0 saturated carbocycles. The average Bonchev–Trinajstić information content (AvgIpc) is 3.18. The Balaban J connectivity index is 1.34. The quantitative estimate of drug-likeness (QED) is 0.488. The smallest absolute Gasteiger partial charge is 0.219 e. The molecule has 0 bridgehead atoms. The number of rotatable bonds is 9. The molecule has 4 rings (SSSR count). The highest BCUT2D eigenvalue weighted by Crippen LogP contribution is 2.21. The summed E-state index contributed by atoms with van der Waals surface area (Å²) in [5.74, 6) is 1.42. The second kappa shape index (κ2) is 11.6. The molecule has 1 atom stereocenters. The number of ether oxygens (including phenoxy) is 2. The maximum absolute atomic E-state index is 12.1. The summed E-state index contributed by atoms with van der Waals surface area (Å²) in [6, 6.07) is 17.3. The van der Waals surface area contributed by atoms with Crippen LogP contribution in [0, 0.1) is 0 Å². The topological polar surface area (TPSA) is 80.1 Å². The summed E-state index contributed by atoms with van der Waals surface area (Å²) in [6.07, 6.45) is 3.36. The Morgan fingerprint density at radius 3 is 2.49 bits per heavy atom. The third kappa shape index (κ3) is 7.45. The summed E-state index contributed by atoms with van der Waals surface area (Å²) in [5, 5.41) is 16.2. The minimum atomic E-state index is -1.18. The number of carbonyl (C=O) groups is 1.